The zero-order valence-corrected chi connectivity index (χ0v) is 12.0. The minimum Gasteiger partial charge on any atom is -0.494 e. The van der Waals surface area contributed by atoms with Crippen LogP contribution in [0.3, 0.4) is 0 Å². The summed E-state index contributed by atoms with van der Waals surface area (Å²) < 4.78 is 28.3. The molecule has 7 heteroatoms. The molecule has 0 aliphatic rings. The fraction of sp³-hybridized carbons (Fsp3) is 0.455. The summed E-state index contributed by atoms with van der Waals surface area (Å²) in [6, 6.07) is 2.87. The molecule has 1 rings (SSSR count). The second-order valence-corrected chi connectivity index (χ2v) is 6.27. The molecule has 0 fully saturated rings. The molecule has 1 aromatic rings. The third-order valence-corrected chi connectivity index (χ3v) is 3.80. The fourth-order valence-electron chi connectivity index (χ4n) is 1.57. The van der Waals surface area contributed by atoms with Gasteiger partial charge in [-0.2, -0.15) is 0 Å². The van der Waals surface area contributed by atoms with E-state index in [1.807, 2.05) is 0 Å². The summed E-state index contributed by atoms with van der Waals surface area (Å²) in [4.78, 5) is -0.0253. The molecule has 1 atom stereocenters. The Hall–Kier alpha value is -0.820. The number of aliphatic hydroxyl groups excluding tert-OH is 1. The van der Waals surface area contributed by atoms with Gasteiger partial charge in [0.05, 0.1) is 18.2 Å². The van der Waals surface area contributed by atoms with Gasteiger partial charge in [0, 0.05) is 12.8 Å². The predicted molar refractivity (Wildman–Crippen MR) is 70.0 cm³/mol. The van der Waals surface area contributed by atoms with E-state index in [9.17, 15) is 13.5 Å². The molecular weight excluding hydrogens is 278 g/mol. The summed E-state index contributed by atoms with van der Waals surface area (Å²) in [5.74, 6) is 0.0968. The molecule has 0 amide bonds. The standard InChI is InChI=1S/C11H16ClNO4S/c1-13-6-9(14)7-4-8(12)11(17-2)10(5-7)18(3,15)16/h4-5,9,13-14H,6H2,1-3H3. The van der Waals surface area contributed by atoms with Crippen molar-refractivity contribution in [2.75, 3.05) is 27.0 Å². The van der Waals surface area contributed by atoms with E-state index in [2.05, 4.69) is 5.32 Å². The number of rotatable bonds is 5. The van der Waals surface area contributed by atoms with E-state index in [0.29, 0.717) is 12.1 Å². The van der Waals surface area contributed by atoms with Gasteiger partial charge in [0.25, 0.3) is 0 Å². The molecule has 0 spiro atoms. The third kappa shape index (κ3) is 3.35. The molecule has 2 N–H and O–H groups in total. The van der Waals surface area contributed by atoms with Crippen molar-refractivity contribution in [3.8, 4) is 5.75 Å². The molecule has 0 heterocycles. The van der Waals surface area contributed by atoms with E-state index in [0.717, 1.165) is 6.26 Å². The topological polar surface area (TPSA) is 75.6 Å². The van der Waals surface area contributed by atoms with Gasteiger partial charge in [0.2, 0.25) is 0 Å². The van der Waals surface area contributed by atoms with Crippen molar-refractivity contribution in [2.45, 2.75) is 11.0 Å². The number of sulfone groups is 1. The van der Waals surface area contributed by atoms with Crippen molar-refractivity contribution in [1.29, 1.82) is 0 Å². The highest BCUT2D eigenvalue weighted by atomic mass is 35.5. The Morgan fingerprint density at radius 3 is 2.56 bits per heavy atom. The highest BCUT2D eigenvalue weighted by Gasteiger charge is 2.20. The number of benzene rings is 1. The van der Waals surface area contributed by atoms with Gasteiger partial charge in [0.15, 0.2) is 15.6 Å². The Bertz CT molecular complexity index is 530. The van der Waals surface area contributed by atoms with E-state index < -0.39 is 15.9 Å². The molecule has 0 saturated heterocycles. The summed E-state index contributed by atoms with van der Waals surface area (Å²) >= 11 is 5.96. The van der Waals surface area contributed by atoms with Crippen LogP contribution in [-0.2, 0) is 9.84 Å². The van der Waals surface area contributed by atoms with E-state index >= 15 is 0 Å². The number of nitrogens with one attached hydrogen (secondary N) is 1. The van der Waals surface area contributed by atoms with Crippen molar-refractivity contribution >= 4 is 21.4 Å². The maximum Gasteiger partial charge on any atom is 0.179 e. The Balaban J connectivity index is 3.40. The predicted octanol–water partition coefficient (Wildman–Crippen LogP) is 1.00. The molecule has 5 nitrogen and oxygen atoms in total. The molecule has 1 unspecified atom stereocenters. The Labute approximate surface area is 112 Å². The van der Waals surface area contributed by atoms with Crippen molar-refractivity contribution in [1.82, 2.24) is 5.32 Å². The number of ether oxygens (including phenoxy) is 1. The summed E-state index contributed by atoms with van der Waals surface area (Å²) in [5, 5.41) is 12.8. The molecule has 0 aromatic heterocycles. The van der Waals surface area contributed by atoms with Crippen LogP contribution in [0.4, 0.5) is 0 Å². The highest BCUT2D eigenvalue weighted by Crippen LogP contribution is 2.35. The monoisotopic (exact) mass is 293 g/mol. The maximum absolute atomic E-state index is 11.7. The molecule has 0 saturated carbocycles. The number of halogens is 1. The number of hydrogen-bond acceptors (Lipinski definition) is 5. The van der Waals surface area contributed by atoms with Gasteiger partial charge in [-0.15, -0.1) is 0 Å². The molecule has 1 aromatic carbocycles. The lowest BCUT2D eigenvalue weighted by Crippen LogP contribution is -2.17. The molecule has 0 bridgehead atoms. The molecule has 0 radical (unpaired) electrons. The minimum atomic E-state index is -3.48. The Kier molecular flexibility index (Phi) is 4.98. The van der Waals surface area contributed by atoms with E-state index in [4.69, 9.17) is 16.3 Å². The summed E-state index contributed by atoms with van der Waals surface area (Å²) in [5.41, 5.74) is 0.426. The highest BCUT2D eigenvalue weighted by molar-refractivity contribution is 7.90. The van der Waals surface area contributed by atoms with Crippen molar-refractivity contribution in [3.05, 3.63) is 22.7 Å². The summed E-state index contributed by atoms with van der Waals surface area (Å²) in [6.45, 7) is 0.297. The van der Waals surface area contributed by atoms with Crippen molar-refractivity contribution in [2.24, 2.45) is 0 Å². The van der Waals surface area contributed by atoms with Crippen LogP contribution in [0.1, 0.15) is 11.7 Å². The van der Waals surface area contributed by atoms with Gasteiger partial charge in [-0.3, -0.25) is 0 Å². The lowest BCUT2D eigenvalue weighted by Gasteiger charge is -2.15. The third-order valence-electron chi connectivity index (χ3n) is 2.42. The summed E-state index contributed by atoms with van der Waals surface area (Å²) in [6.07, 6.45) is 0.231. The van der Waals surface area contributed by atoms with Gasteiger partial charge >= 0.3 is 0 Å². The van der Waals surface area contributed by atoms with Gasteiger partial charge in [-0.05, 0) is 24.7 Å². The minimum absolute atomic E-state index is 0.0253. The van der Waals surface area contributed by atoms with Gasteiger partial charge < -0.3 is 15.2 Å². The Morgan fingerprint density at radius 1 is 1.50 bits per heavy atom. The van der Waals surface area contributed by atoms with Crippen LogP contribution in [0.5, 0.6) is 5.75 Å². The quantitative estimate of drug-likeness (QED) is 0.847. The average Bonchev–Trinajstić information content (AvgIpc) is 2.27. The lowest BCUT2D eigenvalue weighted by molar-refractivity contribution is 0.177. The second kappa shape index (κ2) is 5.88. The first-order valence-electron chi connectivity index (χ1n) is 5.21. The van der Waals surface area contributed by atoms with Crippen LogP contribution >= 0.6 is 11.6 Å². The van der Waals surface area contributed by atoms with E-state index in [1.165, 1.54) is 19.2 Å². The largest absolute Gasteiger partial charge is 0.494 e. The van der Waals surface area contributed by atoms with Crippen molar-refractivity contribution in [3.63, 3.8) is 0 Å². The first-order chi connectivity index (χ1) is 8.31. The zero-order valence-electron chi connectivity index (χ0n) is 10.4. The van der Waals surface area contributed by atoms with Crippen LogP contribution in [-0.4, -0.2) is 40.5 Å². The van der Waals surface area contributed by atoms with Crippen LogP contribution in [0.15, 0.2) is 17.0 Å². The smallest absolute Gasteiger partial charge is 0.179 e. The van der Waals surface area contributed by atoms with E-state index in [1.54, 1.807) is 7.05 Å². The second-order valence-electron chi connectivity index (χ2n) is 3.88. The maximum atomic E-state index is 11.7. The molecule has 102 valence electrons. The number of aliphatic hydroxyl groups is 1. The summed E-state index contributed by atoms with van der Waals surface area (Å²) in [7, 11) is -0.447. The lowest BCUT2D eigenvalue weighted by atomic mass is 10.1. The van der Waals surface area contributed by atoms with E-state index in [-0.39, 0.29) is 15.7 Å². The van der Waals surface area contributed by atoms with Crippen LogP contribution in [0.25, 0.3) is 0 Å². The van der Waals surface area contributed by atoms with Gasteiger partial charge in [-0.25, -0.2) is 8.42 Å². The van der Waals surface area contributed by atoms with Crippen LogP contribution in [0, 0.1) is 0 Å². The normalized spacial score (nSPS) is 13.4. The van der Waals surface area contributed by atoms with Crippen LogP contribution < -0.4 is 10.1 Å². The fourth-order valence-corrected chi connectivity index (χ4v) is 2.81. The SMILES string of the molecule is CNCC(O)c1cc(Cl)c(OC)c(S(C)(=O)=O)c1. The van der Waals surface area contributed by atoms with Gasteiger partial charge in [-0.1, -0.05) is 11.6 Å². The van der Waals surface area contributed by atoms with Gasteiger partial charge in [0.1, 0.15) is 4.90 Å². The first kappa shape index (κ1) is 15.2. The Morgan fingerprint density at radius 2 is 2.11 bits per heavy atom. The molecule has 18 heavy (non-hydrogen) atoms. The zero-order chi connectivity index (χ0) is 13.9. The van der Waals surface area contributed by atoms with Crippen molar-refractivity contribution < 1.29 is 18.3 Å². The number of methoxy groups -OCH3 is 1. The number of likely N-dealkylation sites (N-methyl/N-ethyl adjacent to an activating group) is 1. The first-order valence-corrected chi connectivity index (χ1v) is 7.48. The number of hydrogen-bond donors (Lipinski definition) is 2. The average molecular weight is 294 g/mol. The molecule has 0 aliphatic heterocycles. The molecule has 0 aliphatic carbocycles. The molecular formula is C11H16ClNO4S. The van der Waals surface area contributed by atoms with Crippen LogP contribution in [0.2, 0.25) is 5.02 Å².